The first-order valence-corrected chi connectivity index (χ1v) is 4.24. The van der Waals surface area contributed by atoms with Crippen LogP contribution >= 0.6 is 0 Å². The predicted molar refractivity (Wildman–Crippen MR) is 45.9 cm³/mol. The fourth-order valence-corrected chi connectivity index (χ4v) is 1.30. The minimum absolute atomic E-state index is 0.0557. The van der Waals surface area contributed by atoms with Crippen molar-refractivity contribution >= 4 is 11.8 Å². The van der Waals surface area contributed by atoms with Crippen LogP contribution in [0.3, 0.4) is 0 Å². The Balaban J connectivity index is 2.25. The molecule has 0 unspecified atom stereocenters. The molecule has 0 saturated carbocycles. The summed E-state index contributed by atoms with van der Waals surface area (Å²) in [7, 11) is 0. The molecule has 0 aromatic heterocycles. The number of nitrogens with one attached hydrogen (secondary N) is 1. The number of hydrogen-bond donors (Lipinski definition) is 2. The lowest BCUT2D eigenvalue weighted by Gasteiger charge is -2.39. The van der Waals surface area contributed by atoms with E-state index in [1.807, 2.05) is 0 Å². The largest absolute Gasteiger partial charge is 0.384 e. The van der Waals surface area contributed by atoms with E-state index >= 15 is 0 Å². The second-order valence-electron chi connectivity index (χ2n) is 3.32. The quantitative estimate of drug-likeness (QED) is 0.564. The van der Waals surface area contributed by atoms with E-state index in [2.05, 4.69) is 5.32 Å². The SMILES string of the molecule is CC(=O)NC1CN(C(=O)[C@@H](C)O)C1. The van der Waals surface area contributed by atoms with Crippen molar-refractivity contribution in [2.45, 2.75) is 26.0 Å². The highest BCUT2D eigenvalue weighted by Gasteiger charge is 2.32. The molecule has 0 radical (unpaired) electrons. The summed E-state index contributed by atoms with van der Waals surface area (Å²) in [6, 6.07) is 0.0557. The summed E-state index contributed by atoms with van der Waals surface area (Å²) in [5, 5.41) is 11.6. The number of rotatable bonds is 2. The molecule has 2 amide bonds. The van der Waals surface area contributed by atoms with Gasteiger partial charge < -0.3 is 15.3 Å². The first kappa shape index (κ1) is 9.98. The van der Waals surface area contributed by atoms with Gasteiger partial charge in [-0.3, -0.25) is 9.59 Å². The Morgan fingerprint density at radius 3 is 2.46 bits per heavy atom. The van der Waals surface area contributed by atoms with Gasteiger partial charge in [-0.15, -0.1) is 0 Å². The van der Waals surface area contributed by atoms with Crippen LogP contribution in [0.15, 0.2) is 0 Å². The third-order valence-corrected chi connectivity index (χ3v) is 1.96. The first-order valence-electron chi connectivity index (χ1n) is 4.24. The Labute approximate surface area is 76.7 Å². The van der Waals surface area contributed by atoms with Gasteiger partial charge in [-0.05, 0) is 6.92 Å². The lowest BCUT2D eigenvalue weighted by atomic mass is 10.1. The lowest BCUT2D eigenvalue weighted by Crippen LogP contribution is -2.62. The molecule has 1 rings (SSSR count). The second-order valence-corrected chi connectivity index (χ2v) is 3.32. The minimum atomic E-state index is -0.946. The van der Waals surface area contributed by atoms with Crippen LogP contribution in [0.2, 0.25) is 0 Å². The van der Waals surface area contributed by atoms with Gasteiger partial charge in [0.2, 0.25) is 5.91 Å². The number of carbonyl (C=O) groups is 2. The summed E-state index contributed by atoms with van der Waals surface area (Å²) in [4.78, 5) is 23.2. The molecular formula is C8H14N2O3. The molecule has 13 heavy (non-hydrogen) atoms. The molecule has 1 atom stereocenters. The summed E-state index contributed by atoms with van der Waals surface area (Å²) < 4.78 is 0. The van der Waals surface area contributed by atoms with Gasteiger partial charge in [0, 0.05) is 20.0 Å². The van der Waals surface area contributed by atoms with Crippen LogP contribution in [-0.2, 0) is 9.59 Å². The maximum absolute atomic E-state index is 11.1. The third kappa shape index (κ3) is 2.42. The Kier molecular flexibility index (Phi) is 2.87. The highest BCUT2D eigenvalue weighted by atomic mass is 16.3. The summed E-state index contributed by atoms with van der Waals surface area (Å²) in [5.41, 5.74) is 0. The number of aliphatic hydroxyl groups is 1. The molecule has 74 valence electrons. The standard InChI is InChI=1S/C8H14N2O3/c1-5(11)8(13)10-3-7(4-10)9-6(2)12/h5,7,11H,3-4H2,1-2H3,(H,9,12)/t5-/m1/s1. The fraction of sp³-hybridized carbons (Fsp3) is 0.750. The monoisotopic (exact) mass is 186 g/mol. The lowest BCUT2D eigenvalue weighted by molar-refractivity contribution is -0.145. The van der Waals surface area contributed by atoms with Crippen molar-refractivity contribution in [3.8, 4) is 0 Å². The van der Waals surface area contributed by atoms with Crippen LogP contribution in [0.1, 0.15) is 13.8 Å². The molecule has 2 N–H and O–H groups in total. The van der Waals surface area contributed by atoms with Gasteiger partial charge in [0.25, 0.3) is 5.91 Å². The normalized spacial score (nSPS) is 19.2. The molecule has 1 heterocycles. The number of likely N-dealkylation sites (tertiary alicyclic amines) is 1. The molecule has 0 bridgehead atoms. The van der Waals surface area contributed by atoms with Crippen molar-refractivity contribution in [2.24, 2.45) is 0 Å². The molecule has 0 aromatic carbocycles. The summed E-state index contributed by atoms with van der Waals surface area (Å²) in [6.45, 7) is 3.89. The zero-order valence-electron chi connectivity index (χ0n) is 7.78. The second kappa shape index (κ2) is 3.74. The number of carbonyl (C=O) groups excluding carboxylic acids is 2. The topological polar surface area (TPSA) is 69.6 Å². The molecule has 5 heteroatoms. The number of nitrogens with zero attached hydrogens (tertiary/aromatic N) is 1. The summed E-state index contributed by atoms with van der Waals surface area (Å²) in [6.07, 6.45) is -0.946. The molecule has 5 nitrogen and oxygen atoms in total. The third-order valence-electron chi connectivity index (χ3n) is 1.96. The van der Waals surface area contributed by atoms with E-state index in [0.717, 1.165) is 0 Å². The maximum Gasteiger partial charge on any atom is 0.251 e. The van der Waals surface area contributed by atoms with E-state index in [1.165, 1.54) is 18.7 Å². The van der Waals surface area contributed by atoms with Gasteiger partial charge >= 0.3 is 0 Å². The molecule has 1 aliphatic rings. The average Bonchev–Trinajstić information content (AvgIpc) is 1.94. The number of amides is 2. The average molecular weight is 186 g/mol. The maximum atomic E-state index is 11.1. The van der Waals surface area contributed by atoms with Crippen molar-refractivity contribution in [1.29, 1.82) is 0 Å². The predicted octanol–water partition coefficient (Wildman–Crippen LogP) is -1.29. The van der Waals surface area contributed by atoms with Crippen molar-refractivity contribution in [1.82, 2.24) is 10.2 Å². The van der Waals surface area contributed by atoms with Gasteiger partial charge in [0.1, 0.15) is 6.10 Å². The van der Waals surface area contributed by atoms with Crippen LogP contribution in [0, 0.1) is 0 Å². The minimum Gasteiger partial charge on any atom is -0.384 e. The van der Waals surface area contributed by atoms with Crippen molar-refractivity contribution in [2.75, 3.05) is 13.1 Å². The van der Waals surface area contributed by atoms with E-state index in [0.29, 0.717) is 13.1 Å². The Hall–Kier alpha value is -1.10. The first-order chi connectivity index (χ1) is 6.00. The van der Waals surface area contributed by atoms with E-state index in [1.54, 1.807) is 0 Å². The van der Waals surface area contributed by atoms with Crippen LogP contribution in [-0.4, -0.2) is 47.1 Å². The van der Waals surface area contributed by atoms with E-state index in [4.69, 9.17) is 5.11 Å². The Morgan fingerprint density at radius 2 is 2.08 bits per heavy atom. The van der Waals surface area contributed by atoms with Crippen molar-refractivity contribution < 1.29 is 14.7 Å². The van der Waals surface area contributed by atoms with Crippen LogP contribution < -0.4 is 5.32 Å². The van der Waals surface area contributed by atoms with Crippen molar-refractivity contribution in [3.05, 3.63) is 0 Å². The van der Waals surface area contributed by atoms with E-state index in [-0.39, 0.29) is 17.9 Å². The van der Waals surface area contributed by atoms with Gasteiger partial charge in [-0.2, -0.15) is 0 Å². The van der Waals surface area contributed by atoms with Crippen LogP contribution in [0.4, 0.5) is 0 Å². The van der Waals surface area contributed by atoms with Crippen molar-refractivity contribution in [3.63, 3.8) is 0 Å². The number of hydrogen-bond acceptors (Lipinski definition) is 3. The van der Waals surface area contributed by atoms with Gasteiger partial charge in [0.15, 0.2) is 0 Å². The zero-order valence-corrected chi connectivity index (χ0v) is 7.78. The molecule has 0 aliphatic carbocycles. The molecular weight excluding hydrogens is 172 g/mol. The molecule has 1 aliphatic heterocycles. The van der Waals surface area contributed by atoms with Gasteiger partial charge in [-0.25, -0.2) is 0 Å². The molecule has 1 fully saturated rings. The van der Waals surface area contributed by atoms with Gasteiger partial charge in [0.05, 0.1) is 6.04 Å². The molecule has 0 spiro atoms. The Morgan fingerprint density at radius 1 is 1.54 bits per heavy atom. The van der Waals surface area contributed by atoms with Gasteiger partial charge in [-0.1, -0.05) is 0 Å². The zero-order chi connectivity index (χ0) is 10.0. The van der Waals surface area contributed by atoms with Crippen LogP contribution in [0.5, 0.6) is 0 Å². The molecule has 0 aromatic rings. The van der Waals surface area contributed by atoms with E-state index in [9.17, 15) is 9.59 Å². The summed E-state index contributed by atoms with van der Waals surface area (Å²) in [5.74, 6) is -0.365. The highest BCUT2D eigenvalue weighted by Crippen LogP contribution is 2.09. The fourth-order valence-electron chi connectivity index (χ4n) is 1.30. The Bertz CT molecular complexity index is 221. The number of aliphatic hydroxyl groups excluding tert-OH is 1. The van der Waals surface area contributed by atoms with Crippen LogP contribution in [0.25, 0.3) is 0 Å². The highest BCUT2D eigenvalue weighted by molar-refractivity contribution is 5.81. The molecule has 1 saturated heterocycles. The smallest absolute Gasteiger partial charge is 0.251 e. The summed E-state index contributed by atoms with van der Waals surface area (Å²) >= 11 is 0. The van der Waals surface area contributed by atoms with E-state index < -0.39 is 6.10 Å².